The fourth-order valence-corrected chi connectivity index (χ4v) is 1.78. The van der Waals surface area contributed by atoms with E-state index in [1.165, 1.54) is 12.8 Å². The molecule has 1 saturated carbocycles. The lowest BCUT2D eigenvalue weighted by molar-refractivity contribution is 0.285. The van der Waals surface area contributed by atoms with Crippen molar-refractivity contribution in [2.45, 2.75) is 32.1 Å². The van der Waals surface area contributed by atoms with Crippen LogP contribution in [0.2, 0.25) is 0 Å². The zero-order chi connectivity index (χ0) is 12.1. The number of rotatable bonds is 7. The quantitative estimate of drug-likeness (QED) is 0.740. The Labute approximate surface area is 102 Å². The summed E-state index contributed by atoms with van der Waals surface area (Å²) >= 11 is 0. The molecule has 2 N–H and O–H groups in total. The van der Waals surface area contributed by atoms with Crippen LogP contribution in [0.25, 0.3) is 0 Å². The molecule has 1 aromatic rings. The number of nitrogens with two attached hydrogens (primary N) is 1. The Kier molecular flexibility index (Phi) is 4.37. The Morgan fingerprint density at radius 3 is 2.76 bits per heavy atom. The Hall–Kier alpha value is -1.09. The molecule has 94 valence electrons. The van der Waals surface area contributed by atoms with E-state index in [4.69, 9.17) is 10.5 Å². The van der Waals surface area contributed by atoms with Crippen LogP contribution in [0.4, 0.5) is 4.39 Å². The fourth-order valence-electron chi connectivity index (χ4n) is 1.78. The summed E-state index contributed by atoms with van der Waals surface area (Å²) in [4.78, 5) is 0. The zero-order valence-corrected chi connectivity index (χ0v) is 10.1. The Morgan fingerprint density at radius 2 is 2.12 bits per heavy atom. The normalized spacial score (nSPS) is 14.9. The molecule has 2 rings (SSSR count). The van der Waals surface area contributed by atoms with Crippen molar-refractivity contribution in [1.29, 1.82) is 0 Å². The number of hydrogen-bond donors (Lipinski definition) is 1. The van der Waals surface area contributed by atoms with Gasteiger partial charge >= 0.3 is 0 Å². The summed E-state index contributed by atoms with van der Waals surface area (Å²) < 4.78 is 19.1. The van der Waals surface area contributed by atoms with E-state index in [1.807, 2.05) is 6.07 Å². The van der Waals surface area contributed by atoms with Crippen LogP contribution in [0.1, 0.15) is 31.2 Å². The smallest absolute Gasteiger partial charge is 0.165 e. The van der Waals surface area contributed by atoms with E-state index in [9.17, 15) is 4.39 Å². The van der Waals surface area contributed by atoms with Crippen LogP contribution in [-0.4, -0.2) is 13.2 Å². The summed E-state index contributed by atoms with van der Waals surface area (Å²) in [6.45, 7) is 1.36. The highest BCUT2D eigenvalue weighted by Gasteiger charge is 2.22. The predicted octanol–water partition coefficient (Wildman–Crippen LogP) is 2.90. The number of ether oxygens (including phenoxy) is 1. The maximum Gasteiger partial charge on any atom is 0.165 e. The lowest BCUT2D eigenvalue weighted by atomic mass is 10.1. The van der Waals surface area contributed by atoms with Crippen molar-refractivity contribution >= 4 is 0 Å². The molecular formula is C14H20FNO. The molecule has 0 spiro atoms. The topological polar surface area (TPSA) is 35.2 Å². The molecule has 1 aliphatic rings. The van der Waals surface area contributed by atoms with Gasteiger partial charge in [0.25, 0.3) is 0 Å². The molecule has 0 amide bonds. The van der Waals surface area contributed by atoms with Crippen LogP contribution in [0.5, 0.6) is 5.75 Å². The monoisotopic (exact) mass is 237 g/mol. The Bertz CT molecular complexity index is 363. The van der Waals surface area contributed by atoms with E-state index in [1.54, 1.807) is 12.1 Å². The van der Waals surface area contributed by atoms with Crippen molar-refractivity contribution in [3.63, 3.8) is 0 Å². The van der Waals surface area contributed by atoms with Crippen molar-refractivity contribution in [3.05, 3.63) is 29.6 Å². The van der Waals surface area contributed by atoms with Crippen LogP contribution >= 0.6 is 0 Å². The maximum absolute atomic E-state index is 13.7. The highest BCUT2D eigenvalue weighted by molar-refractivity contribution is 5.29. The van der Waals surface area contributed by atoms with E-state index < -0.39 is 0 Å². The minimum absolute atomic E-state index is 0.240. The molecular weight excluding hydrogens is 217 g/mol. The average molecular weight is 237 g/mol. The van der Waals surface area contributed by atoms with Gasteiger partial charge in [0.1, 0.15) is 0 Å². The van der Waals surface area contributed by atoms with E-state index in [0.717, 1.165) is 24.8 Å². The van der Waals surface area contributed by atoms with E-state index in [2.05, 4.69) is 0 Å². The molecule has 0 bridgehead atoms. The van der Waals surface area contributed by atoms with Gasteiger partial charge in [-0.15, -0.1) is 0 Å². The van der Waals surface area contributed by atoms with Crippen LogP contribution in [0.15, 0.2) is 18.2 Å². The molecule has 0 aliphatic heterocycles. The number of benzene rings is 1. The predicted molar refractivity (Wildman–Crippen MR) is 66.6 cm³/mol. The second-order valence-electron chi connectivity index (χ2n) is 4.76. The SMILES string of the molecule is NCCCCc1ccc(OCC2CC2)c(F)c1. The van der Waals surface area contributed by atoms with Gasteiger partial charge in [0.15, 0.2) is 11.6 Å². The first-order valence-corrected chi connectivity index (χ1v) is 6.41. The molecule has 0 unspecified atom stereocenters. The first-order valence-electron chi connectivity index (χ1n) is 6.41. The zero-order valence-electron chi connectivity index (χ0n) is 10.1. The standard InChI is InChI=1S/C14H20FNO/c15-13-9-11(3-1-2-8-16)6-7-14(13)17-10-12-4-5-12/h6-7,9,12H,1-5,8,10,16H2. The third-order valence-corrected chi connectivity index (χ3v) is 3.09. The van der Waals surface area contributed by atoms with E-state index in [0.29, 0.717) is 24.8 Å². The first-order chi connectivity index (χ1) is 8.29. The van der Waals surface area contributed by atoms with Crippen LogP contribution < -0.4 is 10.5 Å². The van der Waals surface area contributed by atoms with Gasteiger partial charge in [-0.3, -0.25) is 0 Å². The van der Waals surface area contributed by atoms with Gasteiger partial charge in [-0.25, -0.2) is 4.39 Å². The van der Waals surface area contributed by atoms with Crippen molar-refractivity contribution in [1.82, 2.24) is 0 Å². The highest BCUT2D eigenvalue weighted by Crippen LogP contribution is 2.30. The van der Waals surface area contributed by atoms with Crippen molar-refractivity contribution in [2.75, 3.05) is 13.2 Å². The van der Waals surface area contributed by atoms with Gasteiger partial charge in [0.05, 0.1) is 6.61 Å². The fraction of sp³-hybridized carbons (Fsp3) is 0.571. The van der Waals surface area contributed by atoms with Gasteiger partial charge in [-0.05, 0) is 62.3 Å². The summed E-state index contributed by atoms with van der Waals surface area (Å²) in [5.74, 6) is 0.800. The first kappa shape index (κ1) is 12.4. The molecule has 0 aromatic heterocycles. The number of aryl methyl sites for hydroxylation is 1. The summed E-state index contributed by atoms with van der Waals surface area (Å²) in [7, 11) is 0. The Balaban J connectivity index is 1.85. The molecule has 0 heterocycles. The molecule has 0 saturated heterocycles. The molecule has 1 fully saturated rings. The minimum Gasteiger partial charge on any atom is -0.490 e. The van der Waals surface area contributed by atoms with Crippen molar-refractivity contribution in [3.8, 4) is 5.75 Å². The largest absolute Gasteiger partial charge is 0.490 e. The molecule has 2 nitrogen and oxygen atoms in total. The molecule has 0 atom stereocenters. The average Bonchev–Trinajstić information content (AvgIpc) is 3.12. The lowest BCUT2D eigenvalue weighted by Gasteiger charge is -2.08. The summed E-state index contributed by atoms with van der Waals surface area (Å²) in [6.07, 6.45) is 5.33. The third kappa shape index (κ3) is 4.00. The number of hydrogen-bond acceptors (Lipinski definition) is 2. The summed E-state index contributed by atoms with van der Waals surface area (Å²) in [5.41, 5.74) is 6.45. The van der Waals surface area contributed by atoms with Gasteiger partial charge < -0.3 is 10.5 Å². The molecule has 1 aromatic carbocycles. The Morgan fingerprint density at radius 1 is 1.29 bits per heavy atom. The summed E-state index contributed by atoms with van der Waals surface area (Å²) in [5, 5.41) is 0. The third-order valence-electron chi connectivity index (χ3n) is 3.09. The second-order valence-corrected chi connectivity index (χ2v) is 4.76. The van der Waals surface area contributed by atoms with Gasteiger partial charge in [0, 0.05) is 0 Å². The van der Waals surface area contributed by atoms with Gasteiger partial charge in [0.2, 0.25) is 0 Å². The van der Waals surface area contributed by atoms with Crippen LogP contribution in [0.3, 0.4) is 0 Å². The van der Waals surface area contributed by atoms with Gasteiger partial charge in [-0.1, -0.05) is 6.07 Å². The highest BCUT2D eigenvalue weighted by atomic mass is 19.1. The molecule has 17 heavy (non-hydrogen) atoms. The number of unbranched alkanes of at least 4 members (excludes halogenated alkanes) is 1. The lowest BCUT2D eigenvalue weighted by Crippen LogP contribution is -2.02. The van der Waals surface area contributed by atoms with Crippen molar-refractivity contribution < 1.29 is 9.13 Å². The van der Waals surface area contributed by atoms with Crippen molar-refractivity contribution in [2.24, 2.45) is 11.7 Å². The van der Waals surface area contributed by atoms with Gasteiger partial charge in [-0.2, -0.15) is 0 Å². The van der Waals surface area contributed by atoms with E-state index >= 15 is 0 Å². The molecule has 1 aliphatic carbocycles. The maximum atomic E-state index is 13.7. The molecule has 0 radical (unpaired) electrons. The second kappa shape index (κ2) is 6.01. The molecule has 3 heteroatoms. The van der Waals surface area contributed by atoms with Crippen LogP contribution in [0, 0.1) is 11.7 Å². The summed E-state index contributed by atoms with van der Waals surface area (Å²) in [6, 6.07) is 5.27. The van der Waals surface area contributed by atoms with E-state index in [-0.39, 0.29) is 5.82 Å². The number of halogens is 1. The van der Waals surface area contributed by atoms with Crippen LogP contribution in [-0.2, 0) is 6.42 Å². The minimum atomic E-state index is -0.240.